The summed E-state index contributed by atoms with van der Waals surface area (Å²) < 4.78 is 51.5. The van der Waals surface area contributed by atoms with Gasteiger partial charge in [-0.2, -0.15) is 0 Å². The highest BCUT2D eigenvalue weighted by atomic mass is 31.2. The highest BCUT2D eigenvalue weighted by Gasteiger charge is 2.48. The summed E-state index contributed by atoms with van der Waals surface area (Å²) in [6.45, 7) is 5.12. The molecule has 3 aliphatic rings. The Labute approximate surface area is 608 Å². The number of aliphatic hydroxyl groups is 10. The van der Waals surface area contributed by atoms with E-state index < -0.39 is 155 Å². The molecule has 0 bridgehead atoms. The maximum Gasteiger partial charge on any atom is 0.253 e. The average Bonchev–Trinajstić information content (AvgIpc) is 0.821. The zero-order valence-corrected chi connectivity index (χ0v) is 62.0. The number of nitrogens with one attached hydrogen (secondary N) is 5. The SMILES string of the molecule is CC(=O)NC1[C@H](OCCCCC(=O)CCCCC(=O)NCCCN(CCCN(CCCNC(=O)CCCCC(=O)CCCCO[C@@H]2OC(CO)[C@H](O)[C@H](O)C2NC(C)=O)C(=O)C(O)COP(C)(C)=O)C(=O)CCCCC(=O)CCCCO[C@@H]2OC(CO)[C@H](O)[C@H](O)C2NC(C)=O)OC(CO)[C@H](O)[C@@H]1O. The molecule has 0 aromatic heterocycles. The first-order chi connectivity index (χ1) is 49.4. The molecule has 16 atom stereocenters. The van der Waals surface area contributed by atoms with Crippen LogP contribution >= 0.6 is 7.37 Å². The fourth-order valence-corrected chi connectivity index (χ4v) is 12.4. The van der Waals surface area contributed by atoms with Crippen LogP contribution in [0.25, 0.3) is 0 Å². The van der Waals surface area contributed by atoms with Crippen molar-refractivity contribution in [1.82, 2.24) is 36.4 Å². The van der Waals surface area contributed by atoms with Crippen LogP contribution in [0, 0.1) is 0 Å². The number of ketones is 3. The van der Waals surface area contributed by atoms with E-state index in [4.69, 9.17) is 32.9 Å². The van der Waals surface area contributed by atoms with Gasteiger partial charge in [-0.3, -0.25) is 52.5 Å². The van der Waals surface area contributed by atoms with Crippen LogP contribution in [0.1, 0.15) is 175 Å². The zero-order valence-electron chi connectivity index (χ0n) is 61.1. The number of unbranched alkanes of at least 4 members (excludes halogenated alkanes) is 6. The number of rotatable bonds is 55. The Balaban J connectivity index is 1.51. The third-order valence-corrected chi connectivity index (χ3v) is 18.4. The molecule has 35 nitrogen and oxygen atoms in total. The van der Waals surface area contributed by atoms with Crippen LogP contribution in [0.2, 0.25) is 0 Å². The Morgan fingerprint density at radius 2 is 0.712 bits per heavy atom. The number of hydrogen-bond donors (Lipinski definition) is 15. The molecule has 0 aliphatic carbocycles. The van der Waals surface area contributed by atoms with Crippen LogP contribution in [0.5, 0.6) is 0 Å². The maximum absolute atomic E-state index is 13.9. The Morgan fingerprint density at radius 1 is 0.413 bits per heavy atom. The van der Waals surface area contributed by atoms with E-state index in [-0.39, 0.29) is 165 Å². The van der Waals surface area contributed by atoms with Gasteiger partial charge in [-0.1, -0.05) is 0 Å². The number of nitrogens with zero attached hydrogens (tertiary/aromatic N) is 2. The third kappa shape index (κ3) is 36.6. The van der Waals surface area contributed by atoms with Crippen LogP contribution < -0.4 is 26.6 Å². The second kappa shape index (κ2) is 51.2. The first-order valence-corrected chi connectivity index (χ1v) is 39.0. The van der Waals surface area contributed by atoms with E-state index in [1.54, 1.807) is 4.90 Å². The molecular weight excluding hydrogens is 1390 g/mol. The highest BCUT2D eigenvalue weighted by molar-refractivity contribution is 7.57. The van der Waals surface area contributed by atoms with Crippen molar-refractivity contribution in [3.8, 4) is 0 Å². The molecule has 36 heteroatoms. The Hall–Kier alpha value is -5.15. The molecule has 104 heavy (non-hydrogen) atoms. The molecule has 0 radical (unpaired) electrons. The largest absolute Gasteiger partial charge is 0.394 e. The van der Waals surface area contributed by atoms with Gasteiger partial charge in [0, 0.05) is 151 Å². The van der Waals surface area contributed by atoms with Crippen molar-refractivity contribution in [3.63, 3.8) is 0 Å². The molecular formula is C68H120N7O28P. The molecule has 7 amide bonds. The van der Waals surface area contributed by atoms with Crippen molar-refractivity contribution in [3.05, 3.63) is 0 Å². The van der Waals surface area contributed by atoms with Gasteiger partial charge in [0.15, 0.2) is 32.3 Å². The van der Waals surface area contributed by atoms with Crippen LogP contribution in [0.3, 0.4) is 0 Å². The molecule has 3 saturated heterocycles. The predicted octanol–water partition coefficient (Wildman–Crippen LogP) is -2.26. The van der Waals surface area contributed by atoms with Gasteiger partial charge in [-0.15, -0.1) is 0 Å². The van der Waals surface area contributed by atoms with Gasteiger partial charge in [-0.25, -0.2) is 0 Å². The van der Waals surface area contributed by atoms with E-state index in [9.17, 15) is 104 Å². The first-order valence-electron chi connectivity index (χ1n) is 36.5. The van der Waals surface area contributed by atoms with E-state index in [2.05, 4.69) is 26.6 Å². The number of ether oxygens (including phenoxy) is 6. The van der Waals surface area contributed by atoms with Gasteiger partial charge in [-0.05, 0) is 96.3 Å². The highest BCUT2D eigenvalue weighted by Crippen LogP contribution is 2.37. The molecule has 15 N–H and O–H groups in total. The van der Waals surface area contributed by atoms with Crippen LogP contribution in [0.15, 0.2) is 0 Å². The van der Waals surface area contributed by atoms with E-state index in [0.29, 0.717) is 83.5 Å². The molecule has 3 fully saturated rings. The lowest BCUT2D eigenvalue weighted by molar-refractivity contribution is -0.270. The molecule has 7 unspecified atom stereocenters. The molecule has 0 saturated carbocycles. The lowest BCUT2D eigenvalue weighted by Gasteiger charge is -2.42. The van der Waals surface area contributed by atoms with Crippen molar-refractivity contribution in [2.45, 2.75) is 273 Å². The first kappa shape index (κ1) is 93.1. The second-order valence-electron chi connectivity index (χ2n) is 27.1. The normalized spacial score (nSPS) is 25.1. The topological polar surface area (TPSA) is 521 Å². The fraction of sp³-hybridized carbons (Fsp3) is 0.853. The monoisotopic (exact) mass is 1510 g/mol. The number of hydrogen-bond acceptors (Lipinski definition) is 28. The number of amides is 7. The molecule has 600 valence electrons. The van der Waals surface area contributed by atoms with Gasteiger partial charge >= 0.3 is 0 Å². The van der Waals surface area contributed by atoms with E-state index in [1.807, 2.05) is 0 Å². The molecule has 0 aromatic carbocycles. The lowest BCUT2D eigenvalue weighted by atomic mass is 9.97. The van der Waals surface area contributed by atoms with Crippen LogP contribution in [0.4, 0.5) is 0 Å². The number of carbonyl (C=O) groups excluding carboxylic acids is 10. The van der Waals surface area contributed by atoms with Crippen LogP contribution in [-0.4, -0.2) is 316 Å². The van der Waals surface area contributed by atoms with Crippen LogP contribution in [-0.2, 0) is 85.5 Å². The number of aliphatic hydroxyl groups excluding tert-OH is 10. The van der Waals surface area contributed by atoms with Crippen molar-refractivity contribution < 1.29 is 137 Å². The van der Waals surface area contributed by atoms with Crippen molar-refractivity contribution in [2.75, 3.05) is 98.8 Å². The van der Waals surface area contributed by atoms with E-state index in [0.717, 1.165) is 0 Å². The Bertz CT molecular complexity index is 2650. The zero-order chi connectivity index (χ0) is 77.3. The summed E-state index contributed by atoms with van der Waals surface area (Å²) in [4.78, 5) is 130. The van der Waals surface area contributed by atoms with Gasteiger partial charge in [0.05, 0.1) is 26.4 Å². The minimum atomic E-state index is -3.10. The molecule has 3 aliphatic heterocycles. The summed E-state index contributed by atoms with van der Waals surface area (Å²) in [5, 5.41) is 115. The van der Waals surface area contributed by atoms with Crippen molar-refractivity contribution in [1.29, 1.82) is 0 Å². The van der Waals surface area contributed by atoms with E-state index in [1.165, 1.54) is 39.0 Å². The summed E-state index contributed by atoms with van der Waals surface area (Å²) in [7, 11) is -3.10. The van der Waals surface area contributed by atoms with E-state index >= 15 is 0 Å². The molecule has 3 heterocycles. The summed E-state index contributed by atoms with van der Waals surface area (Å²) in [5.74, 6) is -3.08. The minimum absolute atomic E-state index is 0.0170. The van der Waals surface area contributed by atoms with Crippen molar-refractivity contribution >= 4 is 66.1 Å². The minimum Gasteiger partial charge on any atom is -0.394 e. The number of carbonyl (C=O) groups is 10. The Morgan fingerprint density at radius 3 is 1.04 bits per heavy atom. The quantitative estimate of drug-likeness (QED) is 0.0226. The lowest BCUT2D eigenvalue weighted by Crippen LogP contribution is -2.64. The smallest absolute Gasteiger partial charge is 0.253 e. The summed E-state index contributed by atoms with van der Waals surface area (Å²) >= 11 is 0. The standard InChI is InChI=1S/C68H120N7O28P/c1-43(79)71-56-62(92)59(89)50(39-76)101-66(56)97-36-15-12-24-46(82)21-6-9-27-53(86)69-30-18-32-74(55(88)29-11-8-23-48(84)26-14-17-38-99-68-58(73-45(3)81)64(94)61(91)52(41-78)103-68)34-20-35-75(65(95)49(85)42-100-104(4,5)96)33-19-31-70-54(87)28-10-7-22-47(83)25-13-16-37-98-67-57(72-44(2)80)63(93)60(90)51(40-77)102-67/h49-52,56-64,66-68,76-78,85,89-94H,6-42H2,1-5H3,(H,69,86)(H,70,87)(H,71,79)(H,72,80)(H,73,81)/t49?,50?,51?,52?,56?,57?,58?,59-,60-,61-,62+,63+,64+,66+,67+,68+/m0/s1. The summed E-state index contributed by atoms with van der Waals surface area (Å²) in [5.41, 5.74) is 0. The Kier molecular flexibility index (Phi) is 45.8. The molecule has 0 aromatic rings. The van der Waals surface area contributed by atoms with Gasteiger partial charge in [0.25, 0.3) is 5.91 Å². The second-order valence-corrected chi connectivity index (χ2v) is 29.8. The third-order valence-electron chi connectivity index (χ3n) is 17.7. The predicted molar refractivity (Wildman–Crippen MR) is 370 cm³/mol. The van der Waals surface area contributed by atoms with Gasteiger partial charge in [0.1, 0.15) is 90.4 Å². The number of Topliss-reactive ketones (excluding diaryl/α,β-unsaturated/α-hetero) is 3. The molecule has 0 spiro atoms. The average molecular weight is 1510 g/mol. The summed E-state index contributed by atoms with van der Waals surface area (Å²) in [6.07, 6.45) is -9.66. The van der Waals surface area contributed by atoms with Gasteiger partial charge < -0.3 is 120 Å². The van der Waals surface area contributed by atoms with Crippen molar-refractivity contribution in [2.24, 2.45) is 0 Å². The van der Waals surface area contributed by atoms with Gasteiger partial charge in [0.2, 0.25) is 35.4 Å². The maximum atomic E-state index is 13.9. The summed E-state index contributed by atoms with van der Waals surface area (Å²) in [6, 6.07) is -3.27. The fourth-order valence-electron chi connectivity index (χ4n) is 11.9. The molecule has 3 rings (SSSR count).